The summed E-state index contributed by atoms with van der Waals surface area (Å²) in [4.78, 5) is 23.9. The lowest BCUT2D eigenvalue weighted by Gasteiger charge is -2.36. The molecule has 0 radical (unpaired) electrons. The summed E-state index contributed by atoms with van der Waals surface area (Å²) in [7, 11) is 0. The first kappa shape index (κ1) is 18.8. The third-order valence-corrected chi connectivity index (χ3v) is 4.43. The van der Waals surface area contributed by atoms with E-state index in [1.807, 2.05) is 23.6 Å². The number of piperazine rings is 1. The second-order valence-electron chi connectivity index (χ2n) is 6.29. The van der Waals surface area contributed by atoms with Crippen LogP contribution in [0.4, 0.5) is 17.3 Å². The van der Waals surface area contributed by atoms with Crippen LogP contribution in [-0.4, -0.2) is 52.8 Å². The number of nitrogens with zero attached hydrogens (tertiary/aromatic N) is 5. The molecule has 1 aliphatic heterocycles. The van der Waals surface area contributed by atoms with E-state index in [1.165, 1.54) is 6.07 Å². The number of benzene rings is 1. The number of rotatable bonds is 6. The van der Waals surface area contributed by atoms with Gasteiger partial charge in [-0.3, -0.25) is 10.1 Å². The first-order valence-electron chi connectivity index (χ1n) is 8.88. The monoisotopic (exact) mass is 373 g/mol. The fourth-order valence-electron chi connectivity index (χ4n) is 3.11. The van der Waals surface area contributed by atoms with Crippen molar-refractivity contribution in [1.82, 2.24) is 9.97 Å². The van der Waals surface area contributed by atoms with Crippen LogP contribution in [0, 0.1) is 17.0 Å². The standard InChI is InChI=1S/C18H23N5O4/c1-3-27-17-10-13(2)19-18(20-17)22-8-6-21(7-9-22)16-11-14(12-24)4-5-15(16)23(25)26/h4-5,10-11,24H,3,6-9,12H2,1-2H3. The van der Waals surface area contributed by atoms with E-state index in [9.17, 15) is 15.2 Å². The minimum atomic E-state index is -0.388. The average molecular weight is 373 g/mol. The topological polar surface area (TPSA) is 105 Å². The van der Waals surface area contributed by atoms with Crippen LogP contribution < -0.4 is 14.5 Å². The molecular weight excluding hydrogens is 350 g/mol. The van der Waals surface area contributed by atoms with Gasteiger partial charge in [0.2, 0.25) is 11.8 Å². The van der Waals surface area contributed by atoms with Crippen molar-refractivity contribution in [2.24, 2.45) is 0 Å². The van der Waals surface area contributed by atoms with Gasteiger partial charge in [-0.2, -0.15) is 4.98 Å². The molecule has 0 saturated carbocycles. The number of aryl methyl sites for hydroxylation is 1. The van der Waals surface area contributed by atoms with Gasteiger partial charge in [0, 0.05) is 44.0 Å². The van der Waals surface area contributed by atoms with E-state index in [4.69, 9.17) is 4.74 Å². The second-order valence-corrected chi connectivity index (χ2v) is 6.29. The molecule has 1 aliphatic rings. The Morgan fingerprint density at radius 2 is 1.89 bits per heavy atom. The lowest BCUT2D eigenvalue weighted by molar-refractivity contribution is -0.384. The van der Waals surface area contributed by atoms with Crippen molar-refractivity contribution in [2.45, 2.75) is 20.5 Å². The third kappa shape index (κ3) is 4.25. The zero-order valence-corrected chi connectivity index (χ0v) is 15.5. The molecule has 9 nitrogen and oxygen atoms in total. The molecule has 144 valence electrons. The van der Waals surface area contributed by atoms with Crippen molar-refractivity contribution in [3.63, 3.8) is 0 Å². The highest BCUT2D eigenvalue weighted by atomic mass is 16.6. The highest BCUT2D eigenvalue weighted by Crippen LogP contribution is 2.30. The Hall–Kier alpha value is -2.94. The van der Waals surface area contributed by atoms with Crippen molar-refractivity contribution in [1.29, 1.82) is 0 Å². The molecule has 27 heavy (non-hydrogen) atoms. The smallest absolute Gasteiger partial charge is 0.292 e. The Bertz CT molecular complexity index is 821. The van der Waals surface area contributed by atoms with Crippen molar-refractivity contribution >= 4 is 17.3 Å². The molecule has 9 heteroatoms. The zero-order chi connectivity index (χ0) is 19.4. The van der Waals surface area contributed by atoms with Crippen LogP contribution in [0.25, 0.3) is 0 Å². The van der Waals surface area contributed by atoms with Crippen LogP contribution in [0.15, 0.2) is 24.3 Å². The summed E-state index contributed by atoms with van der Waals surface area (Å²) in [5.74, 6) is 1.16. The Balaban J connectivity index is 1.77. The Labute approximate surface area is 157 Å². The van der Waals surface area contributed by atoms with Gasteiger partial charge in [-0.1, -0.05) is 0 Å². The quantitative estimate of drug-likeness (QED) is 0.605. The number of nitro benzene ring substituents is 1. The molecule has 1 fully saturated rings. The number of hydrogen-bond donors (Lipinski definition) is 1. The maximum Gasteiger partial charge on any atom is 0.292 e. The molecule has 0 spiro atoms. The normalized spacial score (nSPS) is 14.3. The van der Waals surface area contributed by atoms with Gasteiger partial charge in [-0.05, 0) is 31.5 Å². The van der Waals surface area contributed by atoms with Crippen LogP contribution in [0.5, 0.6) is 5.88 Å². The van der Waals surface area contributed by atoms with E-state index >= 15 is 0 Å². The molecule has 0 unspecified atom stereocenters. The molecule has 0 bridgehead atoms. The van der Waals surface area contributed by atoms with Crippen molar-refractivity contribution in [2.75, 3.05) is 42.6 Å². The van der Waals surface area contributed by atoms with E-state index in [1.54, 1.807) is 18.2 Å². The van der Waals surface area contributed by atoms with Gasteiger partial charge in [0.05, 0.1) is 18.1 Å². The maximum absolute atomic E-state index is 11.4. The van der Waals surface area contributed by atoms with Crippen LogP contribution in [0.3, 0.4) is 0 Å². The highest BCUT2D eigenvalue weighted by molar-refractivity contribution is 5.65. The van der Waals surface area contributed by atoms with E-state index in [-0.39, 0.29) is 17.2 Å². The highest BCUT2D eigenvalue weighted by Gasteiger charge is 2.25. The summed E-state index contributed by atoms with van der Waals surface area (Å²) in [6.07, 6.45) is 0. The molecule has 3 rings (SSSR count). The van der Waals surface area contributed by atoms with Crippen LogP contribution in [0.1, 0.15) is 18.2 Å². The number of aliphatic hydroxyl groups excluding tert-OH is 1. The van der Waals surface area contributed by atoms with Gasteiger partial charge >= 0.3 is 0 Å². The zero-order valence-electron chi connectivity index (χ0n) is 15.5. The van der Waals surface area contributed by atoms with Crippen molar-refractivity contribution in [3.05, 3.63) is 45.6 Å². The van der Waals surface area contributed by atoms with E-state index in [0.29, 0.717) is 55.9 Å². The van der Waals surface area contributed by atoms with E-state index < -0.39 is 0 Å². The molecule has 0 amide bonds. The Morgan fingerprint density at radius 3 is 2.52 bits per heavy atom. The number of aliphatic hydroxyl groups is 1. The predicted molar refractivity (Wildman–Crippen MR) is 101 cm³/mol. The van der Waals surface area contributed by atoms with E-state index in [2.05, 4.69) is 9.97 Å². The summed E-state index contributed by atoms with van der Waals surface area (Å²) < 4.78 is 5.49. The number of anilines is 2. The Kier molecular flexibility index (Phi) is 5.70. The van der Waals surface area contributed by atoms with Gasteiger partial charge in [-0.15, -0.1) is 0 Å². The van der Waals surface area contributed by atoms with Crippen LogP contribution in [-0.2, 0) is 6.61 Å². The minimum absolute atomic E-state index is 0.0473. The molecule has 0 atom stereocenters. The molecule has 0 aliphatic carbocycles. The number of nitro groups is 1. The summed E-state index contributed by atoms with van der Waals surface area (Å²) in [6, 6.07) is 6.51. The molecular formula is C18H23N5O4. The summed E-state index contributed by atoms with van der Waals surface area (Å²) in [5.41, 5.74) is 2.07. The fraction of sp³-hybridized carbons (Fsp3) is 0.444. The molecule has 1 N–H and O–H groups in total. The van der Waals surface area contributed by atoms with Gasteiger partial charge in [0.1, 0.15) is 5.69 Å². The molecule has 2 aromatic rings. The lowest BCUT2D eigenvalue weighted by Crippen LogP contribution is -2.47. The largest absolute Gasteiger partial charge is 0.478 e. The molecule has 1 saturated heterocycles. The van der Waals surface area contributed by atoms with Crippen molar-refractivity contribution < 1.29 is 14.8 Å². The lowest BCUT2D eigenvalue weighted by atomic mass is 10.1. The number of ether oxygens (including phenoxy) is 1. The average Bonchev–Trinajstić information content (AvgIpc) is 2.67. The number of aromatic nitrogens is 2. The first-order chi connectivity index (χ1) is 13.0. The molecule has 1 aromatic heterocycles. The SMILES string of the molecule is CCOc1cc(C)nc(N2CCN(c3cc(CO)ccc3[N+](=O)[O-])CC2)n1. The fourth-order valence-corrected chi connectivity index (χ4v) is 3.11. The van der Waals surface area contributed by atoms with Gasteiger partial charge < -0.3 is 19.6 Å². The van der Waals surface area contributed by atoms with Gasteiger partial charge in [-0.25, -0.2) is 4.98 Å². The van der Waals surface area contributed by atoms with Crippen molar-refractivity contribution in [3.8, 4) is 5.88 Å². The molecule has 1 aromatic carbocycles. The maximum atomic E-state index is 11.4. The minimum Gasteiger partial charge on any atom is -0.478 e. The second kappa shape index (κ2) is 8.17. The van der Waals surface area contributed by atoms with Crippen LogP contribution >= 0.6 is 0 Å². The number of hydrogen-bond acceptors (Lipinski definition) is 8. The predicted octanol–water partition coefficient (Wildman–Crippen LogP) is 1.91. The molecule has 2 heterocycles. The first-order valence-corrected chi connectivity index (χ1v) is 8.88. The van der Waals surface area contributed by atoms with Crippen LogP contribution in [0.2, 0.25) is 0 Å². The van der Waals surface area contributed by atoms with E-state index in [0.717, 1.165) is 5.69 Å². The summed E-state index contributed by atoms with van der Waals surface area (Å²) >= 11 is 0. The van der Waals surface area contributed by atoms with Gasteiger partial charge in [0.15, 0.2) is 0 Å². The summed E-state index contributed by atoms with van der Waals surface area (Å²) in [5, 5.41) is 20.7. The van der Waals surface area contributed by atoms with Gasteiger partial charge in [0.25, 0.3) is 5.69 Å². The third-order valence-electron chi connectivity index (χ3n) is 4.43. The summed E-state index contributed by atoms with van der Waals surface area (Å²) in [6.45, 7) is 6.65. The Morgan fingerprint density at radius 1 is 1.19 bits per heavy atom.